The van der Waals surface area contributed by atoms with Gasteiger partial charge in [0.25, 0.3) is 11.8 Å². The van der Waals surface area contributed by atoms with Gasteiger partial charge in [-0.3, -0.25) is 19.1 Å². The first-order valence-electron chi connectivity index (χ1n) is 20.8. The minimum absolute atomic E-state index is 0.00593. The largest absolute Gasteiger partial charge is 0.497 e. The number of methoxy groups -OCH3 is 1. The molecule has 1 saturated heterocycles. The highest BCUT2D eigenvalue weighted by molar-refractivity contribution is 7.91. The number of carbonyl (C=O) groups excluding carboxylic acids is 4. The topological polar surface area (TPSA) is 182 Å². The van der Waals surface area contributed by atoms with E-state index in [1.54, 1.807) is 38.1 Å². The maximum atomic E-state index is 17.1. The molecule has 5 atom stereocenters. The summed E-state index contributed by atoms with van der Waals surface area (Å²) in [5.74, 6) is -7.06. The molecule has 2 fully saturated rings. The van der Waals surface area contributed by atoms with Gasteiger partial charge in [0, 0.05) is 17.7 Å². The highest BCUT2D eigenvalue weighted by atomic mass is 32.2. The summed E-state index contributed by atoms with van der Waals surface area (Å²) in [4.78, 5) is 62.8. The number of halogens is 2. The van der Waals surface area contributed by atoms with Gasteiger partial charge >= 0.3 is 6.09 Å². The number of carbonyl (C=O) groups is 4. The van der Waals surface area contributed by atoms with Crippen LogP contribution < -0.4 is 24.8 Å². The minimum atomic E-state index is -4.14. The second kappa shape index (κ2) is 15.9. The molecule has 1 aromatic heterocycles. The molecule has 1 spiro atoms. The Morgan fingerprint density at radius 1 is 1.10 bits per heavy atom. The molecule has 4 amide bonds. The van der Waals surface area contributed by atoms with Crippen molar-refractivity contribution in [1.82, 2.24) is 25.2 Å². The van der Waals surface area contributed by atoms with Crippen LogP contribution >= 0.6 is 0 Å². The van der Waals surface area contributed by atoms with E-state index in [4.69, 9.17) is 19.2 Å². The van der Waals surface area contributed by atoms with Crippen molar-refractivity contribution in [2.24, 2.45) is 11.8 Å². The molecule has 326 valence electrons. The van der Waals surface area contributed by atoms with Crippen LogP contribution in [0.25, 0.3) is 10.9 Å². The van der Waals surface area contributed by atoms with Crippen LogP contribution in [0.1, 0.15) is 110 Å². The van der Waals surface area contributed by atoms with Gasteiger partial charge in [-0.05, 0) is 69.1 Å². The molecule has 7 rings (SSSR count). The van der Waals surface area contributed by atoms with Crippen molar-refractivity contribution < 1.29 is 50.6 Å². The fraction of sp³-hybridized carbons (Fsp3) is 0.605. The lowest BCUT2D eigenvalue weighted by atomic mass is 9.73. The average molecular weight is 856 g/mol. The van der Waals surface area contributed by atoms with Gasteiger partial charge in [0.2, 0.25) is 21.8 Å². The normalized spacial score (nSPS) is 28.9. The van der Waals surface area contributed by atoms with E-state index >= 15 is 8.78 Å². The molecule has 5 aliphatic rings. The molecule has 1 saturated carbocycles. The standard InChI is InChI=1S/C43H55F2N5O9S/c1-25(2)22-58-39(54)47-31-13-11-9-7-8-10-12-27-16-17-42(27,38(53)49-60(55,56)40(5)18-19-40)48-36(51)32-21-41(24-50(32)37(31)52)23-43(44,45)33-29-20-28(57-6)14-15-30(29)46-34(26(3)4)35(33)59-41/h10,12,14-17,20,25-27,31-32H,7-9,11,13,18-19,21-24H2,1-6H3,(H,47,54)(H,48,51)(H,49,53)/b12-10-/t27-,31+,32+,41+,42-/m1/s1. The van der Waals surface area contributed by atoms with Gasteiger partial charge in [-0.15, -0.1) is 0 Å². The van der Waals surface area contributed by atoms with Crippen molar-refractivity contribution in [3.63, 3.8) is 0 Å². The molecule has 2 aliphatic carbocycles. The zero-order valence-electron chi connectivity index (χ0n) is 34.9. The SMILES string of the molecule is COc1ccc2nc(C(C)C)c3c(c2c1)C(F)(F)C[C@]1(C[C@H]2C(=O)N[C@]4(C(=O)NS(=O)(=O)C5(C)CC5)C=C[C@H]4/C=C\CCCCC[C@H](NC(=O)OCC(C)C)C(=O)N2C1)O3. The van der Waals surface area contributed by atoms with Gasteiger partial charge < -0.3 is 29.7 Å². The summed E-state index contributed by atoms with van der Waals surface area (Å²) in [6.07, 6.45) is 7.81. The minimum Gasteiger partial charge on any atom is -0.497 e. The van der Waals surface area contributed by atoms with E-state index in [9.17, 15) is 27.6 Å². The number of hydrogen-bond donors (Lipinski definition) is 3. The number of fused-ring (bicyclic) bond motifs is 5. The lowest BCUT2D eigenvalue weighted by Gasteiger charge is -2.42. The van der Waals surface area contributed by atoms with Crippen LogP contribution in [0.15, 0.2) is 42.5 Å². The van der Waals surface area contributed by atoms with E-state index in [-0.39, 0.29) is 47.3 Å². The number of sulfonamides is 1. The summed E-state index contributed by atoms with van der Waals surface area (Å²) in [5.41, 5.74) is -3.50. The number of pyridine rings is 1. The van der Waals surface area contributed by atoms with E-state index in [1.807, 2.05) is 19.9 Å². The molecule has 0 radical (unpaired) electrons. The van der Waals surface area contributed by atoms with Gasteiger partial charge in [0.1, 0.15) is 29.0 Å². The Kier molecular flexibility index (Phi) is 11.5. The summed E-state index contributed by atoms with van der Waals surface area (Å²) in [6.45, 7) is 8.46. The number of nitrogens with one attached hydrogen (secondary N) is 3. The number of ether oxygens (including phenoxy) is 3. The second-order valence-electron chi connectivity index (χ2n) is 18.0. The third-order valence-corrected chi connectivity index (χ3v) is 14.6. The van der Waals surface area contributed by atoms with Gasteiger partial charge in [0.05, 0.1) is 48.2 Å². The quantitative estimate of drug-likeness (QED) is 0.271. The van der Waals surface area contributed by atoms with E-state index in [2.05, 4.69) is 15.4 Å². The van der Waals surface area contributed by atoms with Crippen molar-refractivity contribution >= 4 is 44.7 Å². The van der Waals surface area contributed by atoms with Gasteiger partial charge in [-0.25, -0.2) is 27.0 Å². The summed E-state index contributed by atoms with van der Waals surface area (Å²) < 4.78 is 79.3. The summed E-state index contributed by atoms with van der Waals surface area (Å²) in [6, 6.07) is 2.03. The molecule has 1 aromatic carbocycles. The molecule has 2 aromatic rings. The Bertz CT molecular complexity index is 2240. The molecular formula is C43H55F2N5O9S. The Labute approximate surface area is 349 Å². The molecule has 3 aliphatic heterocycles. The number of alkyl carbamates (subject to hydrolysis) is 1. The van der Waals surface area contributed by atoms with Crippen molar-refractivity contribution in [3.05, 3.63) is 53.8 Å². The first-order chi connectivity index (χ1) is 28.2. The van der Waals surface area contributed by atoms with Crippen LogP contribution in [0.4, 0.5) is 13.6 Å². The Balaban J connectivity index is 1.31. The Morgan fingerprint density at radius 3 is 2.50 bits per heavy atom. The van der Waals surface area contributed by atoms with Crippen LogP contribution in [0, 0.1) is 11.8 Å². The number of rotatable bonds is 8. The van der Waals surface area contributed by atoms with Gasteiger partial charge in [-0.2, -0.15) is 0 Å². The molecule has 4 heterocycles. The maximum Gasteiger partial charge on any atom is 0.407 e. The summed E-state index contributed by atoms with van der Waals surface area (Å²) in [5, 5.41) is 5.58. The Hall–Kier alpha value is -4.80. The average Bonchev–Trinajstić information content (AvgIpc) is 3.84. The number of benzene rings is 1. The summed E-state index contributed by atoms with van der Waals surface area (Å²) in [7, 11) is -2.71. The van der Waals surface area contributed by atoms with Gasteiger partial charge in [-0.1, -0.05) is 64.8 Å². The number of amides is 4. The van der Waals surface area contributed by atoms with Crippen molar-refractivity contribution in [3.8, 4) is 11.5 Å². The van der Waals surface area contributed by atoms with Crippen LogP contribution in [-0.4, -0.2) is 90.3 Å². The van der Waals surface area contributed by atoms with Crippen LogP contribution in [0.5, 0.6) is 11.5 Å². The number of alkyl halides is 2. The number of aromatic nitrogens is 1. The zero-order chi connectivity index (χ0) is 43.4. The lowest BCUT2D eigenvalue weighted by molar-refractivity contribution is -0.142. The Morgan fingerprint density at radius 2 is 1.85 bits per heavy atom. The van der Waals surface area contributed by atoms with E-state index in [1.165, 1.54) is 26.2 Å². The third kappa shape index (κ3) is 8.05. The molecular weight excluding hydrogens is 801 g/mol. The molecule has 17 heteroatoms. The highest BCUT2D eigenvalue weighted by Crippen LogP contribution is 2.55. The predicted molar refractivity (Wildman–Crippen MR) is 218 cm³/mol. The predicted octanol–water partition coefficient (Wildman–Crippen LogP) is 5.89. The highest BCUT2D eigenvalue weighted by Gasteiger charge is 2.62. The monoisotopic (exact) mass is 855 g/mol. The van der Waals surface area contributed by atoms with Crippen LogP contribution in [-0.2, 0) is 35.1 Å². The van der Waals surface area contributed by atoms with Crippen molar-refractivity contribution in [2.45, 2.75) is 132 Å². The van der Waals surface area contributed by atoms with Gasteiger partial charge in [0.15, 0.2) is 5.75 Å². The number of hydrogen-bond acceptors (Lipinski definition) is 10. The molecule has 3 N–H and O–H groups in total. The molecule has 60 heavy (non-hydrogen) atoms. The zero-order valence-corrected chi connectivity index (χ0v) is 35.8. The smallest absolute Gasteiger partial charge is 0.407 e. The van der Waals surface area contributed by atoms with E-state index in [0.717, 1.165) is 4.90 Å². The number of allylic oxidation sites excluding steroid dienone is 1. The maximum absolute atomic E-state index is 17.1. The fourth-order valence-electron chi connectivity index (χ4n) is 8.59. The van der Waals surface area contributed by atoms with Crippen LogP contribution in [0.2, 0.25) is 0 Å². The second-order valence-corrected chi connectivity index (χ2v) is 20.2. The first kappa shape index (κ1) is 43.3. The van der Waals surface area contributed by atoms with E-state index in [0.29, 0.717) is 49.8 Å². The third-order valence-electron chi connectivity index (χ3n) is 12.4. The van der Waals surface area contributed by atoms with E-state index < -0.39 is 93.0 Å². The lowest BCUT2D eigenvalue weighted by Crippen LogP contribution is -2.67. The van der Waals surface area contributed by atoms with Crippen molar-refractivity contribution in [1.29, 1.82) is 0 Å². The molecule has 0 unspecified atom stereocenters. The van der Waals surface area contributed by atoms with Crippen LogP contribution in [0.3, 0.4) is 0 Å². The summed E-state index contributed by atoms with van der Waals surface area (Å²) >= 11 is 0. The van der Waals surface area contributed by atoms with Crippen molar-refractivity contribution in [2.75, 3.05) is 20.3 Å². The molecule has 14 nitrogen and oxygen atoms in total. The number of nitrogens with zero attached hydrogens (tertiary/aromatic N) is 2. The fourth-order valence-corrected chi connectivity index (χ4v) is 9.89. The first-order valence-corrected chi connectivity index (χ1v) is 22.3. The molecule has 0 bridgehead atoms.